The maximum absolute atomic E-state index is 13.0. The number of nitrogens with zero attached hydrogens (tertiary/aromatic N) is 1. The van der Waals surface area contributed by atoms with E-state index in [0.717, 1.165) is 21.6 Å². The lowest BCUT2D eigenvalue weighted by Crippen LogP contribution is -2.43. The van der Waals surface area contributed by atoms with Gasteiger partial charge in [-0.15, -0.1) is 11.3 Å². The van der Waals surface area contributed by atoms with E-state index in [1.807, 2.05) is 50.4 Å². The molecule has 0 unspecified atom stereocenters. The SMILES string of the molecule is Cc1ccsc1CN(C(=O)COc1cccc(C)c1C)[C@H]1CCS(=O)(=O)C1. The van der Waals surface area contributed by atoms with E-state index in [-0.39, 0.29) is 30.1 Å². The van der Waals surface area contributed by atoms with E-state index in [4.69, 9.17) is 4.74 Å². The molecule has 146 valence electrons. The molecule has 2 aromatic rings. The molecule has 1 atom stereocenters. The molecule has 1 fully saturated rings. The molecule has 0 N–H and O–H groups in total. The summed E-state index contributed by atoms with van der Waals surface area (Å²) < 4.78 is 29.6. The van der Waals surface area contributed by atoms with Gasteiger partial charge in [-0.25, -0.2) is 8.42 Å². The molecule has 0 radical (unpaired) electrons. The molecule has 0 bridgehead atoms. The van der Waals surface area contributed by atoms with Gasteiger partial charge in [-0.05, 0) is 61.4 Å². The largest absolute Gasteiger partial charge is 0.483 e. The number of hydrogen-bond acceptors (Lipinski definition) is 5. The molecule has 1 amide bonds. The average Bonchev–Trinajstić information content (AvgIpc) is 3.18. The standard InChI is InChI=1S/C20H25NO4S2/c1-14-5-4-6-18(16(14)3)25-12-20(22)21(11-19-15(2)7-9-26-19)17-8-10-27(23,24)13-17/h4-7,9,17H,8,10-13H2,1-3H3/t17-/m0/s1. The summed E-state index contributed by atoms with van der Waals surface area (Å²) in [7, 11) is -3.07. The van der Waals surface area contributed by atoms with Crippen molar-refractivity contribution < 1.29 is 17.9 Å². The molecular weight excluding hydrogens is 382 g/mol. The Morgan fingerprint density at radius 2 is 2.00 bits per heavy atom. The van der Waals surface area contributed by atoms with Crippen LogP contribution in [0.15, 0.2) is 29.6 Å². The number of thiophene rings is 1. The van der Waals surface area contributed by atoms with Crippen molar-refractivity contribution in [3.8, 4) is 5.75 Å². The smallest absolute Gasteiger partial charge is 0.261 e. The minimum atomic E-state index is -3.07. The zero-order valence-corrected chi connectivity index (χ0v) is 17.5. The van der Waals surface area contributed by atoms with E-state index in [2.05, 4.69) is 0 Å². The number of benzene rings is 1. The second-order valence-corrected chi connectivity index (χ2v) is 10.3. The van der Waals surface area contributed by atoms with Crippen LogP contribution < -0.4 is 4.74 Å². The molecule has 1 saturated heterocycles. The summed E-state index contributed by atoms with van der Waals surface area (Å²) in [5, 5.41) is 1.99. The molecule has 0 aliphatic carbocycles. The van der Waals surface area contributed by atoms with Crippen molar-refractivity contribution in [2.75, 3.05) is 18.1 Å². The van der Waals surface area contributed by atoms with Crippen LogP contribution >= 0.6 is 11.3 Å². The number of carbonyl (C=O) groups is 1. The molecule has 5 nitrogen and oxygen atoms in total. The summed E-state index contributed by atoms with van der Waals surface area (Å²) in [6.45, 7) is 6.31. The van der Waals surface area contributed by atoms with E-state index in [0.29, 0.717) is 18.7 Å². The monoisotopic (exact) mass is 407 g/mol. The Balaban J connectivity index is 1.76. The predicted molar refractivity (Wildman–Crippen MR) is 108 cm³/mol. The highest BCUT2D eigenvalue weighted by atomic mass is 32.2. The number of carbonyl (C=O) groups excluding carboxylic acids is 1. The summed E-state index contributed by atoms with van der Waals surface area (Å²) in [6.07, 6.45) is 0.488. The van der Waals surface area contributed by atoms with Gasteiger partial charge in [-0.1, -0.05) is 12.1 Å². The highest BCUT2D eigenvalue weighted by Gasteiger charge is 2.35. The zero-order valence-electron chi connectivity index (χ0n) is 15.9. The highest BCUT2D eigenvalue weighted by molar-refractivity contribution is 7.91. The lowest BCUT2D eigenvalue weighted by Gasteiger charge is -2.28. The molecule has 1 aromatic carbocycles. The van der Waals surface area contributed by atoms with Gasteiger partial charge in [0.2, 0.25) is 0 Å². The lowest BCUT2D eigenvalue weighted by molar-refractivity contribution is -0.135. The Morgan fingerprint density at radius 1 is 1.22 bits per heavy atom. The van der Waals surface area contributed by atoms with Crippen molar-refractivity contribution >= 4 is 27.1 Å². The van der Waals surface area contributed by atoms with Crippen LogP contribution in [0, 0.1) is 20.8 Å². The van der Waals surface area contributed by atoms with Crippen molar-refractivity contribution in [1.29, 1.82) is 0 Å². The second kappa shape index (κ2) is 8.02. The quantitative estimate of drug-likeness (QED) is 0.737. The Bertz CT molecular complexity index is 933. The third-order valence-corrected chi connectivity index (χ3v) is 7.92. The van der Waals surface area contributed by atoms with Crippen molar-refractivity contribution in [1.82, 2.24) is 4.90 Å². The maximum Gasteiger partial charge on any atom is 0.261 e. The molecule has 0 spiro atoms. The zero-order chi connectivity index (χ0) is 19.6. The van der Waals surface area contributed by atoms with E-state index >= 15 is 0 Å². The number of sulfone groups is 1. The van der Waals surface area contributed by atoms with Crippen LogP contribution in [0.1, 0.15) is 28.0 Å². The van der Waals surface area contributed by atoms with E-state index in [1.54, 1.807) is 16.2 Å². The average molecular weight is 408 g/mol. The van der Waals surface area contributed by atoms with Gasteiger partial charge in [0.1, 0.15) is 5.75 Å². The first-order valence-corrected chi connectivity index (χ1v) is 11.7. The second-order valence-electron chi connectivity index (χ2n) is 7.09. The van der Waals surface area contributed by atoms with Gasteiger partial charge >= 0.3 is 0 Å². The predicted octanol–water partition coefficient (Wildman–Crippen LogP) is 3.27. The molecule has 7 heteroatoms. The number of hydrogen-bond donors (Lipinski definition) is 0. The minimum Gasteiger partial charge on any atom is -0.483 e. The van der Waals surface area contributed by atoms with Crippen LogP contribution in [0.5, 0.6) is 5.75 Å². The Morgan fingerprint density at radius 3 is 2.63 bits per heavy atom. The topological polar surface area (TPSA) is 63.7 Å². The number of rotatable bonds is 6. The van der Waals surface area contributed by atoms with Gasteiger partial charge in [0.15, 0.2) is 16.4 Å². The van der Waals surface area contributed by atoms with E-state index in [9.17, 15) is 13.2 Å². The summed E-state index contributed by atoms with van der Waals surface area (Å²) in [4.78, 5) is 15.7. The molecule has 0 saturated carbocycles. The van der Waals surface area contributed by atoms with Crippen LogP contribution in [-0.4, -0.2) is 43.4 Å². The van der Waals surface area contributed by atoms with Gasteiger partial charge in [0, 0.05) is 10.9 Å². The van der Waals surface area contributed by atoms with E-state index < -0.39 is 9.84 Å². The van der Waals surface area contributed by atoms with Gasteiger partial charge in [0.25, 0.3) is 5.91 Å². The molecule has 27 heavy (non-hydrogen) atoms. The third-order valence-electron chi connectivity index (χ3n) is 5.16. The summed E-state index contributed by atoms with van der Waals surface area (Å²) in [6, 6.07) is 7.48. The molecule has 3 rings (SSSR count). The van der Waals surface area contributed by atoms with Gasteiger partial charge < -0.3 is 9.64 Å². The van der Waals surface area contributed by atoms with Crippen LogP contribution in [-0.2, 0) is 21.2 Å². The molecular formula is C20H25NO4S2. The Kier molecular flexibility index (Phi) is 5.91. The van der Waals surface area contributed by atoms with E-state index in [1.165, 1.54) is 0 Å². The van der Waals surface area contributed by atoms with Gasteiger partial charge in [0.05, 0.1) is 18.1 Å². The highest BCUT2D eigenvalue weighted by Crippen LogP contribution is 2.25. The fourth-order valence-electron chi connectivity index (χ4n) is 3.27. The Hall–Kier alpha value is -1.86. The first-order chi connectivity index (χ1) is 12.8. The van der Waals surface area contributed by atoms with Crippen LogP contribution in [0.3, 0.4) is 0 Å². The fraction of sp³-hybridized carbons (Fsp3) is 0.450. The molecule has 1 aromatic heterocycles. The third kappa shape index (κ3) is 4.71. The normalized spacial score (nSPS) is 18.4. The maximum atomic E-state index is 13.0. The lowest BCUT2D eigenvalue weighted by atomic mass is 10.1. The summed E-state index contributed by atoms with van der Waals surface area (Å²) in [5.41, 5.74) is 3.23. The van der Waals surface area contributed by atoms with Crippen molar-refractivity contribution in [2.24, 2.45) is 0 Å². The van der Waals surface area contributed by atoms with Crippen molar-refractivity contribution in [3.05, 3.63) is 51.2 Å². The summed E-state index contributed by atoms with van der Waals surface area (Å²) in [5.74, 6) is 0.690. The van der Waals surface area contributed by atoms with Crippen LogP contribution in [0.4, 0.5) is 0 Å². The number of amides is 1. The number of ether oxygens (including phenoxy) is 1. The van der Waals surface area contributed by atoms with Crippen LogP contribution in [0.2, 0.25) is 0 Å². The molecule has 1 aliphatic heterocycles. The Labute approximate surface area is 164 Å². The molecule has 2 heterocycles. The van der Waals surface area contributed by atoms with Crippen molar-refractivity contribution in [2.45, 2.75) is 39.8 Å². The minimum absolute atomic E-state index is 0.0344. The van der Waals surface area contributed by atoms with Gasteiger partial charge in [-0.2, -0.15) is 0 Å². The number of aryl methyl sites for hydroxylation is 2. The van der Waals surface area contributed by atoms with Crippen LogP contribution in [0.25, 0.3) is 0 Å². The van der Waals surface area contributed by atoms with Crippen molar-refractivity contribution in [3.63, 3.8) is 0 Å². The fourth-order valence-corrected chi connectivity index (χ4v) is 5.90. The first kappa shape index (κ1) is 19.9. The first-order valence-electron chi connectivity index (χ1n) is 8.99. The molecule has 1 aliphatic rings. The van der Waals surface area contributed by atoms with Gasteiger partial charge in [-0.3, -0.25) is 4.79 Å². The summed E-state index contributed by atoms with van der Waals surface area (Å²) >= 11 is 1.59.